The summed E-state index contributed by atoms with van der Waals surface area (Å²) >= 11 is 5.46. The van der Waals surface area contributed by atoms with E-state index in [1.165, 1.54) is 12.1 Å². The molecule has 1 aliphatic heterocycles. The zero-order valence-corrected chi connectivity index (χ0v) is 8.24. The molecule has 1 nitrogen and oxygen atoms in total. The van der Waals surface area contributed by atoms with Crippen molar-refractivity contribution < 1.29 is 8.78 Å². The van der Waals surface area contributed by atoms with Crippen molar-refractivity contribution in [1.29, 1.82) is 0 Å². The lowest BCUT2D eigenvalue weighted by molar-refractivity contribution is 0.342. The second-order valence-corrected chi connectivity index (χ2v) is 3.94. The Balaban J connectivity index is 2.20. The van der Waals surface area contributed by atoms with Crippen molar-refractivity contribution in [3.05, 3.63) is 34.4 Å². The molecule has 2 rings (SSSR count). The lowest BCUT2D eigenvalue weighted by Gasteiger charge is -2.27. The summed E-state index contributed by atoms with van der Waals surface area (Å²) in [5, 5.41) is 2.70. The smallest absolute Gasteiger partial charge is 0.147 e. The fourth-order valence-corrected chi connectivity index (χ4v) is 1.71. The van der Waals surface area contributed by atoms with Crippen molar-refractivity contribution >= 4 is 11.6 Å². The lowest BCUT2D eigenvalue weighted by atomic mass is 9.94. The highest BCUT2D eigenvalue weighted by Gasteiger charge is 2.20. The molecule has 0 aromatic heterocycles. The zero-order chi connectivity index (χ0) is 10.1. The first-order valence-corrected chi connectivity index (χ1v) is 4.89. The monoisotopic (exact) mass is 217 g/mol. The largest absolute Gasteiger partial charge is 0.316 e. The average molecular weight is 218 g/mol. The summed E-state index contributed by atoms with van der Waals surface area (Å²) in [5.74, 6) is -0.857. The molecule has 0 aliphatic carbocycles. The highest BCUT2D eigenvalue weighted by Crippen LogP contribution is 2.24. The Kier molecular flexibility index (Phi) is 2.70. The fourth-order valence-electron chi connectivity index (χ4n) is 1.53. The van der Waals surface area contributed by atoms with Gasteiger partial charge in [-0.2, -0.15) is 0 Å². The molecule has 1 N–H and O–H groups in total. The van der Waals surface area contributed by atoms with Crippen molar-refractivity contribution in [2.45, 2.75) is 6.42 Å². The first-order chi connectivity index (χ1) is 6.68. The normalized spacial score (nSPS) is 16.8. The number of benzene rings is 1. The molecule has 14 heavy (non-hydrogen) atoms. The van der Waals surface area contributed by atoms with E-state index < -0.39 is 16.7 Å². The SMILES string of the molecule is Fc1ccc(CC2CNC2)c(F)c1Cl. The highest BCUT2D eigenvalue weighted by molar-refractivity contribution is 6.30. The Bertz CT molecular complexity index is 350. The number of rotatable bonds is 2. The van der Waals surface area contributed by atoms with Gasteiger partial charge < -0.3 is 5.32 Å². The van der Waals surface area contributed by atoms with Gasteiger partial charge >= 0.3 is 0 Å². The van der Waals surface area contributed by atoms with Crippen LogP contribution >= 0.6 is 11.6 Å². The number of hydrogen-bond acceptors (Lipinski definition) is 1. The molecule has 0 saturated carbocycles. The van der Waals surface area contributed by atoms with Gasteiger partial charge in [0.1, 0.15) is 16.7 Å². The summed E-state index contributed by atoms with van der Waals surface area (Å²) in [5.41, 5.74) is 0.503. The molecule has 1 aliphatic rings. The molecule has 0 amide bonds. The van der Waals surface area contributed by atoms with E-state index in [1.54, 1.807) is 0 Å². The van der Waals surface area contributed by atoms with Crippen LogP contribution in [0, 0.1) is 17.6 Å². The van der Waals surface area contributed by atoms with E-state index in [2.05, 4.69) is 5.32 Å². The first-order valence-electron chi connectivity index (χ1n) is 4.51. The van der Waals surface area contributed by atoms with Crippen LogP contribution in [-0.4, -0.2) is 13.1 Å². The second kappa shape index (κ2) is 3.83. The molecule has 1 fully saturated rings. The molecule has 0 bridgehead atoms. The molecule has 4 heteroatoms. The minimum atomic E-state index is -0.695. The van der Waals surface area contributed by atoms with Crippen molar-refractivity contribution in [3.8, 4) is 0 Å². The Labute approximate surface area is 86.1 Å². The van der Waals surface area contributed by atoms with Crippen LogP contribution in [0.1, 0.15) is 5.56 Å². The van der Waals surface area contributed by atoms with E-state index in [0.29, 0.717) is 17.9 Å². The molecule has 0 atom stereocenters. The van der Waals surface area contributed by atoms with E-state index in [-0.39, 0.29) is 0 Å². The van der Waals surface area contributed by atoms with Gasteiger partial charge in [0.2, 0.25) is 0 Å². The summed E-state index contributed by atoms with van der Waals surface area (Å²) < 4.78 is 26.2. The van der Waals surface area contributed by atoms with E-state index >= 15 is 0 Å². The van der Waals surface area contributed by atoms with Gasteiger partial charge in [0.15, 0.2) is 0 Å². The van der Waals surface area contributed by atoms with Crippen LogP contribution in [-0.2, 0) is 6.42 Å². The molecular formula is C10H10ClF2N. The van der Waals surface area contributed by atoms with Gasteiger partial charge in [0.25, 0.3) is 0 Å². The minimum absolute atomic E-state index is 0.394. The molecule has 0 radical (unpaired) electrons. The molecule has 76 valence electrons. The topological polar surface area (TPSA) is 12.0 Å². The van der Waals surface area contributed by atoms with Crippen molar-refractivity contribution in [1.82, 2.24) is 5.32 Å². The maximum absolute atomic E-state index is 13.4. The van der Waals surface area contributed by atoms with E-state index in [9.17, 15) is 8.78 Å². The van der Waals surface area contributed by atoms with Crippen LogP contribution in [0.3, 0.4) is 0 Å². The minimum Gasteiger partial charge on any atom is -0.316 e. The van der Waals surface area contributed by atoms with Crippen LogP contribution < -0.4 is 5.32 Å². The van der Waals surface area contributed by atoms with Gasteiger partial charge in [0, 0.05) is 0 Å². The average Bonchev–Trinajstić information content (AvgIpc) is 2.10. The third-order valence-electron chi connectivity index (χ3n) is 2.49. The number of nitrogens with one attached hydrogen (secondary N) is 1. The Morgan fingerprint density at radius 3 is 2.64 bits per heavy atom. The van der Waals surface area contributed by atoms with Crippen LogP contribution in [0.5, 0.6) is 0 Å². The van der Waals surface area contributed by atoms with Crippen molar-refractivity contribution in [2.24, 2.45) is 5.92 Å². The summed E-state index contributed by atoms with van der Waals surface area (Å²) in [6, 6.07) is 2.68. The molecule has 1 aromatic carbocycles. The lowest BCUT2D eigenvalue weighted by Crippen LogP contribution is -2.43. The predicted molar refractivity (Wildman–Crippen MR) is 51.4 cm³/mol. The van der Waals surface area contributed by atoms with Crippen LogP contribution in [0.4, 0.5) is 8.78 Å². The summed E-state index contributed by atoms with van der Waals surface area (Å²) in [4.78, 5) is 0. The maximum atomic E-state index is 13.4. The van der Waals surface area contributed by atoms with Crippen LogP contribution in [0.25, 0.3) is 0 Å². The van der Waals surface area contributed by atoms with Gasteiger partial charge in [-0.15, -0.1) is 0 Å². The molecule has 1 aromatic rings. The Morgan fingerprint density at radius 2 is 2.07 bits per heavy atom. The van der Waals surface area contributed by atoms with Gasteiger partial charge in [-0.25, -0.2) is 8.78 Å². The molecular weight excluding hydrogens is 208 g/mol. The third kappa shape index (κ3) is 1.74. The standard InChI is InChI=1S/C10H10ClF2N/c11-9-8(12)2-1-7(10(9)13)3-6-4-14-5-6/h1-2,6,14H,3-5H2. The summed E-state index contributed by atoms with van der Waals surface area (Å²) in [7, 11) is 0. The molecule has 1 saturated heterocycles. The van der Waals surface area contributed by atoms with Crippen molar-refractivity contribution in [2.75, 3.05) is 13.1 Å². The van der Waals surface area contributed by atoms with Crippen LogP contribution in [0.15, 0.2) is 12.1 Å². The second-order valence-electron chi connectivity index (χ2n) is 3.56. The molecule has 0 unspecified atom stereocenters. The van der Waals surface area contributed by atoms with E-state index in [1.807, 2.05) is 0 Å². The quantitative estimate of drug-likeness (QED) is 0.750. The zero-order valence-electron chi connectivity index (χ0n) is 7.49. The Morgan fingerprint density at radius 1 is 1.36 bits per heavy atom. The first kappa shape index (κ1) is 9.87. The van der Waals surface area contributed by atoms with E-state index in [4.69, 9.17) is 11.6 Å². The Hall–Kier alpha value is -0.670. The van der Waals surface area contributed by atoms with Crippen molar-refractivity contribution in [3.63, 3.8) is 0 Å². The third-order valence-corrected chi connectivity index (χ3v) is 2.84. The molecule has 0 spiro atoms. The van der Waals surface area contributed by atoms with Gasteiger partial charge in [-0.05, 0) is 37.1 Å². The summed E-state index contributed by atoms with van der Waals surface area (Å²) in [6.07, 6.45) is 0.624. The van der Waals surface area contributed by atoms with E-state index in [0.717, 1.165) is 13.1 Å². The van der Waals surface area contributed by atoms with Gasteiger partial charge in [-0.3, -0.25) is 0 Å². The fraction of sp³-hybridized carbons (Fsp3) is 0.400. The predicted octanol–water partition coefficient (Wildman–Crippen LogP) is 2.38. The highest BCUT2D eigenvalue weighted by atomic mass is 35.5. The number of halogens is 3. The van der Waals surface area contributed by atoms with Gasteiger partial charge in [0.05, 0.1) is 0 Å². The molecule has 1 heterocycles. The van der Waals surface area contributed by atoms with Crippen LogP contribution in [0.2, 0.25) is 5.02 Å². The summed E-state index contributed by atoms with van der Waals surface area (Å²) in [6.45, 7) is 1.79. The number of hydrogen-bond donors (Lipinski definition) is 1. The van der Waals surface area contributed by atoms with Gasteiger partial charge in [-0.1, -0.05) is 17.7 Å². The maximum Gasteiger partial charge on any atom is 0.147 e.